The Morgan fingerprint density at radius 2 is 1.31 bits per heavy atom. The van der Waals surface area contributed by atoms with Crippen molar-refractivity contribution in [3.63, 3.8) is 0 Å². The Bertz CT molecular complexity index is 2230. The van der Waals surface area contributed by atoms with E-state index in [1.54, 1.807) is 75.4 Å². The molecule has 1 heterocycles. The summed E-state index contributed by atoms with van der Waals surface area (Å²) in [7, 11) is -3.48. The van der Waals surface area contributed by atoms with E-state index >= 15 is 0 Å². The summed E-state index contributed by atoms with van der Waals surface area (Å²) in [5, 5.41) is 5.36. The minimum absolute atomic E-state index is 0.00226. The maximum absolute atomic E-state index is 14.2. The predicted molar refractivity (Wildman–Crippen MR) is 232 cm³/mol. The fourth-order valence-corrected chi connectivity index (χ4v) is 8.60. The number of halogens is 1. The van der Waals surface area contributed by atoms with Crippen molar-refractivity contribution in [1.82, 2.24) is 13.9 Å². The van der Waals surface area contributed by atoms with Crippen molar-refractivity contribution < 1.29 is 22.8 Å². The Hall–Kier alpha value is -4.75. The first kappa shape index (κ1) is 45.9. The first-order chi connectivity index (χ1) is 27.5. The first-order valence-electron chi connectivity index (χ1n) is 20.2. The lowest BCUT2D eigenvalue weighted by atomic mass is 9.86. The van der Waals surface area contributed by atoms with Crippen LogP contribution < -0.4 is 22.0 Å². The molecule has 58 heavy (non-hydrogen) atoms. The summed E-state index contributed by atoms with van der Waals surface area (Å²) in [6, 6.07) is 19.8. The molecule has 2 N–H and O–H groups in total. The number of nitrogens with one attached hydrogen (secondary N) is 2. The molecule has 2 amide bonds. The lowest BCUT2D eigenvalue weighted by Crippen LogP contribution is -2.46. The molecule has 0 saturated heterocycles. The lowest BCUT2D eigenvalue weighted by molar-refractivity contribution is -0.135. The summed E-state index contributed by atoms with van der Waals surface area (Å²) < 4.78 is 28.8. The number of hydrogen-bond donors (Lipinski definition) is 2. The highest BCUT2D eigenvalue weighted by Gasteiger charge is 2.40. The van der Waals surface area contributed by atoms with Crippen LogP contribution in [0.3, 0.4) is 0 Å². The lowest BCUT2D eigenvalue weighted by Gasteiger charge is -2.24. The second-order valence-electron chi connectivity index (χ2n) is 16.0. The molecule has 314 valence electrons. The SMILES string of the molecule is CCCCCCCCCCCCS(=O)(=O)CC(C)C(=O)Nc1ccc(Cl)c(NC(=O)C(C(=O)C(C)(C)C)n2c(=O)n(Cc3ccccc3)n(-c3ccccc3)c2=O)c1. The third kappa shape index (κ3) is 12.9. The molecule has 0 aliphatic heterocycles. The van der Waals surface area contributed by atoms with Crippen LogP contribution in [0.25, 0.3) is 5.69 Å². The highest BCUT2D eigenvalue weighted by atomic mass is 35.5. The number of anilines is 2. The van der Waals surface area contributed by atoms with E-state index in [-0.39, 0.29) is 34.4 Å². The molecule has 0 fully saturated rings. The Balaban J connectivity index is 1.51. The first-order valence-corrected chi connectivity index (χ1v) is 22.4. The van der Waals surface area contributed by atoms with Gasteiger partial charge in [0.15, 0.2) is 21.7 Å². The van der Waals surface area contributed by atoms with Crippen LogP contribution in [0.5, 0.6) is 0 Å². The van der Waals surface area contributed by atoms with E-state index in [9.17, 15) is 32.4 Å². The number of carbonyl (C=O) groups excluding carboxylic acids is 3. The van der Waals surface area contributed by atoms with E-state index in [1.165, 1.54) is 68.3 Å². The van der Waals surface area contributed by atoms with Gasteiger partial charge in [0.25, 0.3) is 5.91 Å². The van der Waals surface area contributed by atoms with Gasteiger partial charge in [0.1, 0.15) is 0 Å². The van der Waals surface area contributed by atoms with Crippen molar-refractivity contribution in [1.29, 1.82) is 0 Å². The summed E-state index contributed by atoms with van der Waals surface area (Å²) >= 11 is 6.49. The summed E-state index contributed by atoms with van der Waals surface area (Å²) in [5.74, 6) is -3.40. The minimum atomic E-state index is -3.48. The number of rotatable bonds is 22. The van der Waals surface area contributed by atoms with Gasteiger partial charge in [-0.1, -0.05) is 153 Å². The second kappa shape index (κ2) is 21.3. The highest BCUT2D eigenvalue weighted by molar-refractivity contribution is 7.91. The number of nitrogens with zero attached hydrogens (tertiary/aromatic N) is 3. The molecule has 2 atom stereocenters. The van der Waals surface area contributed by atoms with Crippen molar-refractivity contribution in [3.8, 4) is 5.69 Å². The number of carbonyl (C=O) groups is 3. The van der Waals surface area contributed by atoms with Crippen LogP contribution in [0.2, 0.25) is 5.02 Å². The number of benzene rings is 3. The van der Waals surface area contributed by atoms with Gasteiger partial charge < -0.3 is 10.6 Å². The van der Waals surface area contributed by atoms with Gasteiger partial charge >= 0.3 is 11.4 Å². The van der Waals surface area contributed by atoms with Gasteiger partial charge in [-0.15, -0.1) is 0 Å². The maximum Gasteiger partial charge on any atom is 0.353 e. The average Bonchev–Trinajstić information content (AvgIpc) is 3.41. The van der Waals surface area contributed by atoms with Gasteiger partial charge in [-0.25, -0.2) is 27.3 Å². The zero-order valence-electron chi connectivity index (χ0n) is 34.3. The van der Waals surface area contributed by atoms with Gasteiger partial charge in [0.05, 0.1) is 34.4 Å². The molecule has 4 aromatic rings. The highest BCUT2D eigenvalue weighted by Crippen LogP contribution is 2.29. The van der Waals surface area contributed by atoms with Gasteiger partial charge in [-0.3, -0.25) is 14.4 Å². The Morgan fingerprint density at radius 1 is 0.741 bits per heavy atom. The van der Waals surface area contributed by atoms with E-state index in [4.69, 9.17) is 11.6 Å². The van der Waals surface area contributed by atoms with Crippen LogP contribution in [-0.2, 0) is 30.8 Å². The van der Waals surface area contributed by atoms with Gasteiger partial charge in [0, 0.05) is 17.0 Å². The van der Waals surface area contributed by atoms with Crippen LogP contribution in [0.15, 0.2) is 88.5 Å². The summed E-state index contributed by atoms with van der Waals surface area (Å²) in [6.45, 7) is 8.46. The molecule has 12 nitrogen and oxygen atoms in total. The summed E-state index contributed by atoms with van der Waals surface area (Å²) in [6.07, 6.45) is 10.9. The smallest absolute Gasteiger partial charge is 0.326 e. The molecule has 0 bridgehead atoms. The maximum atomic E-state index is 14.2. The number of hydrogen-bond acceptors (Lipinski definition) is 7. The number of Topliss-reactive ketones (excluding diaryl/α,β-unsaturated/α-hetero) is 1. The van der Waals surface area contributed by atoms with E-state index in [1.807, 2.05) is 6.07 Å². The monoisotopic (exact) mass is 835 g/mol. The topological polar surface area (TPSA) is 158 Å². The number of amides is 2. The van der Waals surface area contributed by atoms with Crippen molar-refractivity contribution >= 4 is 50.4 Å². The van der Waals surface area contributed by atoms with E-state index < -0.39 is 56.2 Å². The molecule has 4 rings (SSSR count). The third-order valence-electron chi connectivity index (χ3n) is 9.98. The molecule has 3 aromatic carbocycles. The number of aromatic nitrogens is 3. The number of ketones is 1. The predicted octanol–water partition coefficient (Wildman–Crippen LogP) is 8.21. The molecule has 1 aromatic heterocycles. The van der Waals surface area contributed by atoms with Crippen LogP contribution >= 0.6 is 11.6 Å². The zero-order valence-corrected chi connectivity index (χ0v) is 35.9. The van der Waals surface area contributed by atoms with E-state index in [0.29, 0.717) is 22.2 Å². The van der Waals surface area contributed by atoms with E-state index in [0.717, 1.165) is 23.9 Å². The van der Waals surface area contributed by atoms with Crippen LogP contribution in [0.4, 0.5) is 11.4 Å². The Morgan fingerprint density at radius 3 is 1.90 bits per heavy atom. The molecular formula is C44H58ClN5O7S. The second-order valence-corrected chi connectivity index (χ2v) is 18.6. The minimum Gasteiger partial charge on any atom is -0.326 e. The summed E-state index contributed by atoms with van der Waals surface area (Å²) in [5.41, 5.74) is -1.67. The third-order valence-corrected chi connectivity index (χ3v) is 12.2. The van der Waals surface area contributed by atoms with Crippen molar-refractivity contribution in [2.45, 2.75) is 111 Å². The van der Waals surface area contributed by atoms with E-state index in [2.05, 4.69) is 17.6 Å². The molecule has 14 heteroatoms. The van der Waals surface area contributed by atoms with Gasteiger partial charge in [-0.05, 0) is 42.3 Å². The van der Waals surface area contributed by atoms with Crippen LogP contribution in [-0.4, -0.2) is 51.5 Å². The Kier molecular flexibility index (Phi) is 16.9. The average molecular weight is 836 g/mol. The fourth-order valence-electron chi connectivity index (χ4n) is 6.71. The molecule has 0 aliphatic rings. The standard InChI is InChI=1S/C44H58ClN5O7S/c1-6-7-8-9-10-11-12-13-14-21-28-58(56,57)31-32(2)40(52)46-34-26-27-36(45)37(29-34)47-41(53)38(39(51)44(3,4)5)49-42(54)48(30-33-22-17-15-18-23-33)50(43(49)55)35-24-19-16-20-25-35/h15-20,22-27,29,32,38H,6-14,21,28,30-31H2,1-5H3,(H,46,52)(H,47,53). The van der Waals surface area contributed by atoms with Crippen molar-refractivity contribution in [2.75, 3.05) is 22.1 Å². The van der Waals surface area contributed by atoms with Crippen LogP contribution in [0.1, 0.15) is 110 Å². The van der Waals surface area contributed by atoms with Gasteiger partial charge in [-0.2, -0.15) is 4.68 Å². The van der Waals surface area contributed by atoms with Gasteiger partial charge in [0.2, 0.25) is 5.91 Å². The largest absolute Gasteiger partial charge is 0.353 e. The molecule has 2 unspecified atom stereocenters. The number of sulfone groups is 1. The molecule has 0 spiro atoms. The number of para-hydroxylation sites is 1. The molecule has 0 aliphatic carbocycles. The molecular weight excluding hydrogens is 778 g/mol. The fraction of sp³-hybridized carbons (Fsp3) is 0.477. The summed E-state index contributed by atoms with van der Waals surface area (Å²) in [4.78, 5) is 69.9. The zero-order chi connectivity index (χ0) is 42.5. The van der Waals surface area contributed by atoms with Crippen molar-refractivity contribution in [2.24, 2.45) is 11.3 Å². The molecule has 0 radical (unpaired) electrons. The normalized spacial score (nSPS) is 12.9. The van der Waals surface area contributed by atoms with Crippen LogP contribution in [0, 0.1) is 11.3 Å². The Labute approximate surface area is 346 Å². The number of unbranched alkanes of at least 4 members (excludes halogenated alkanes) is 9. The van der Waals surface area contributed by atoms with Crippen molar-refractivity contribution in [3.05, 3.63) is 110 Å². The molecule has 0 saturated carbocycles. The quantitative estimate of drug-likeness (QED) is 0.0597.